The number of amides is 2. The lowest BCUT2D eigenvalue weighted by molar-refractivity contribution is -0.141. The summed E-state index contributed by atoms with van der Waals surface area (Å²) >= 11 is 7.16. The van der Waals surface area contributed by atoms with Crippen LogP contribution in [0.2, 0.25) is 5.02 Å². The summed E-state index contributed by atoms with van der Waals surface area (Å²) in [7, 11) is 0. The van der Waals surface area contributed by atoms with Crippen molar-refractivity contribution in [2.45, 2.75) is 63.8 Å². The first kappa shape index (κ1) is 30.6. The average Bonchev–Trinajstić information content (AvgIpc) is 3.78. The first-order valence-corrected chi connectivity index (χ1v) is 16.3. The third-order valence-corrected chi connectivity index (χ3v) is 9.63. The van der Waals surface area contributed by atoms with Crippen molar-refractivity contribution in [2.24, 2.45) is 11.8 Å². The van der Waals surface area contributed by atoms with Crippen molar-refractivity contribution in [3.05, 3.63) is 46.7 Å². The van der Waals surface area contributed by atoms with Crippen LogP contribution in [0.1, 0.15) is 57.8 Å². The van der Waals surface area contributed by atoms with Gasteiger partial charge in [0.25, 0.3) is 0 Å². The molecule has 2 saturated heterocycles. The zero-order chi connectivity index (χ0) is 30.8. The van der Waals surface area contributed by atoms with Gasteiger partial charge in [0.2, 0.25) is 16.9 Å². The maximum Gasteiger partial charge on any atom is 0.304 e. The van der Waals surface area contributed by atoms with Crippen LogP contribution in [-0.2, 0) is 19.1 Å². The van der Waals surface area contributed by atoms with Crippen molar-refractivity contribution in [2.75, 3.05) is 29.6 Å². The summed E-state index contributed by atoms with van der Waals surface area (Å²) < 4.78 is 21.2. The summed E-state index contributed by atoms with van der Waals surface area (Å²) in [6, 6.07) is 8.62. The molecule has 1 saturated carbocycles. The zero-order valence-corrected chi connectivity index (χ0v) is 25.8. The number of pyridine rings is 1. The molecule has 9 nitrogen and oxygen atoms in total. The van der Waals surface area contributed by atoms with E-state index in [2.05, 4.69) is 9.97 Å². The largest absolute Gasteiger partial charge is 0.481 e. The van der Waals surface area contributed by atoms with E-state index in [1.165, 1.54) is 4.90 Å². The maximum absolute atomic E-state index is 15.8. The van der Waals surface area contributed by atoms with Crippen LogP contribution in [0.15, 0.2) is 36.5 Å². The molecule has 1 N–H and O–H groups in total. The maximum atomic E-state index is 15.8. The lowest BCUT2D eigenvalue weighted by Gasteiger charge is -2.29. The quantitative estimate of drug-likeness (QED) is 0.266. The van der Waals surface area contributed by atoms with Gasteiger partial charge in [0.05, 0.1) is 6.42 Å². The molecule has 2 aromatic heterocycles. The highest BCUT2D eigenvalue weighted by molar-refractivity contribution is 7.14. The zero-order valence-electron chi connectivity index (χ0n) is 24.2. The topological polar surface area (TPSA) is 113 Å². The van der Waals surface area contributed by atoms with Crippen LogP contribution in [0.3, 0.4) is 0 Å². The number of carbonyl (C=O) groups is 3. The molecule has 6 rings (SSSR count). The Kier molecular flexibility index (Phi) is 9.25. The Morgan fingerprint density at radius 3 is 2.61 bits per heavy atom. The lowest BCUT2D eigenvalue weighted by Crippen LogP contribution is -2.40. The van der Waals surface area contributed by atoms with E-state index in [0.29, 0.717) is 60.1 Å². The van der Waals surface area contributed by atoms with Gasteiger partial charge in [-0.15, -0.1) is 0 Å². The number of carbonyl (C=O) groups excluding carboxylic acids is 2. The second kappa shape index (κ2) is 13.3. The normalized spacial score (nSPS) is 18.3. The van der Waals surface area contributed by atoms with E-state index in [4.69, 9.17) is 16.3 Å². The third kappa shape index (κ3) is 6.79. The molecule has 4 heterocycles. The summed E-state index contributed by atoms with van der Waals surface area (Å²) in [4.78, 5) is 50.5. The van der Waals surface area contributed by atoms with Crippen molar-refractivity contribution in [1.29, 1.82) is 0 Å². The predicted octanol–water partition coefficient (Wildman–Crippen LogP) is 6.58. The molecule has 0 spiro atoms. The lowest BCUT2D eigenvalue weighted by atomic mass is 9.86. The van der Waals surface area contributed by atoms with Gasteiger partial charge in [-0.05, 0) is 80.7 Å². The highest BCUT2D eigenvalue weighted by Crippen LogP contribution is 2.42. The molecule has 2 aliphatic heterocycles. The van der Waals surface area contributed by atoms with Gasteiger partial charge in [-0.1, -0.05) is 29.0 Å². The number of ether oxygens (including phenoxy) is 1. The SMILES string of the molecule is O=C(O)C[C@@H](CC1CCOCC1)C(=O)N(c1nc(-c2cc(Cl)ccc2-c2ccc(N3CCCCC3=O)nc2)c(F)s1)C1CC1. The molecule has 3 aliphatic rings. The van der Waals surface area contributed by atoms with Crippen molar-refractivity contribution in [3.8, 4) is 22.4 Å². The molecule has 232 valence electrons. The molecule has 3 aromatic rings. The molecule has 0 unspecified atom stereocenters. The highest BCUT2D eigenvalue weighted by Gasteiger charge is 2.40. The molecule has 3 fully saturated rings. The fourth-order valence-corrected chi connectivity index (χ4v) is 7.16. The first-order chi connectivity index (χ1) is 21.3. The molecule has 0 radical (unpaired) electrons. The van der Waals surface area contributed by atoms with Crippen molar-refractivity contribution in [3.63, 3.8) is 0 Å². The third-order valence-electron chi connectivity index (χ3n) is 8.55. The van der Waals surface area contributed by atoms with Gasteiger partial charge in [-0.3, -0.25) is 24.2 Å². The number of hydrogen-bond donors (Lipinski definition) is 1. The monoisotopic (exact) mass is 640 g/mol. The summed E-state index contributed by atoms with van der Waals surface area (Å²) in [6.07, 6.45) is 7.18. The molecule has 1 aliphatic carbocycles. The van der Waals surface area contributed by atoms with E-state index in [1.54, 1.807) is 35.4 Å². The second-order valence-corrected chi connectivity index (χ2v) is 13.1. The standard InChI is InChI=1S/C32H34ClFN4O5S/c33-22-5-8-24(20-4-9-26(35-18-20)37-12-2-1-3-27(37)39)25(17-22)29-30(34)44-32(36-29)38(23-6-7-23)31(42)21(16-28(40)41)15-19-10-13-43-14-11-19/h4-5,8-9,17-19,21,23H,1-3,6-7,10-16H2,(H,40,41)/t21-/m1/s1. The summed E-state index contributed by atoms with van der Waals surface area (Å²) in [5.74, 6) is -1.27. The highest BCUT2D eigenvalue weighted by atomic mass is 35.5. The van der Waals surface area contributed by atoms with Crippen molar-refractivity contribution in [1.82, 2.24) is 9.97 Å². The number of nitrogens with zero attached hydrogens (tertiary/aromatic N) is 4. The smallest absolute Gasteiger partial charge is 0.304 e. The Hall–Kier alpha value is -3.41. The minimum Gasteiger partial charge on any atom is -0.481 e. The van der Waals surface area contributed by atoms with Gasteiger partial charge < -0.3 is 9.84 Å². The minimum atomic E-state index is -1.04. The molecule has 1 atom stereocenters. The first-order valence-electron chi connectivity index (χ1n) is 15.1. The number of aromatic nitrogens is 2. The van der Waals surface area contributed by atoms with Crippen LogP contribution in [0.4, 0.5) is 15.3 Å². The average molecular weight is 641 g/mol. The number of hydrogen-bond acceptors (Lipinski definition) is 7. The van der Waals surface area contributed by atoms with Gasteiger partial charge in [0, 0.05) is 60.5 Å². The summed E-state index contributed by atoms with van der Waals surface area (Å²) in [5.41, 5.74) is 1.87. The van der Waals surface area contributed by atoms with E-state index in [0.717, 1.165) is 49.9 Å². The van der Waals surface area contributed by atoms with Gasteiger partial charge >= 0.3 is 5.97 Å². The molecule has 0 bridgehead atoms. The molecule has 2 amide bonds. The van der Waals surface area contributed by atoms with Crippen LogP contribution in [-0.4, -0.2) is 58.7 Å². The number of halogens is 2. The Bertz CT molecular complexity index is 1540. The Morgan fingerprint density at radius 1 is 1.14 bits per heavy atom. The van der Waals surface area contributed by atoms with Gasteiger partial charge in [0.1, 0.15) is 11.5 Å². The van der Waals surface area contributed by atoms with Crippen molar-refractivity contribution < 1.29 is 28.6 Å². The molecular formula is C32H34ClFN4O5S. The number of carboxylic acids is 1. The molecule has 12 heteroatoms. The van der Waals surface area contributed by atoms with Crippen LogP contribution in [0, 0.1) is 17.0 Å². The second-order valence-electron chi connectivity index (χ2n) is 11.7. The fraction of sp³-hybridized carbons (Fsp3) is 0.469. The number of benzene rings is 1. The minimum absolute atomic E-state index is 0.0499. The number of rotatable bonds is 10. The van der Waals surface area contributed by atoms with E-state index in [-0.39, 0.29) is 41.0 Å². The Labute approximate surface area is 264 Å². The van der Waals surface area contributed by atoms with Crippen LogP contribution < -0.4 is 9.80 Å². The summed E-state index contributed by atoms with van der Waals surface area (Å²) in [6.45, 7) is 1.83. The van der Waals surface area contributed by atoms with Crippen LogP contribution >= 0.6 is 22.9 Å². The number of anilines is 2. The van der Waals surface area contributed by atoms with E-state index in [9.17, 15) is 19.5 Å². The van der Waals surface area contributed by atoms with E-state index < -0.39 is 17.0 Å². The van der Waals surface area contributed by atoms with E-state index >= 15 is 4.39 Å². The fourth-order valence-electron chi connectivity index (χ4n) is 6.10. The summed E-state index contributed by atoms with van der Waals surface area (Å²) in [5, 5.41) is 9.68. The number of carboxylic acid groups (broad SMARTS) is 1. The molecule has 1 aromatic carbocycles. The van der Waals surface area contributed by atoms with Gasteiger partial charge in [0.15, 0.2) is 5.13 Å². The van der Waals surface area contributed by atoms with Crippen LogP contribution in [0.5, 0.6) is 0 Å². The Balaban J connectivity index is 1.30. The van der Waals surface area contributed by atoms with Crippen LogP contribution in [0.25, 0.3) is 22.4 Å². The molecular weight excluding hydrogens is 607 g/mol. The van der Waals surface area contributed by atoms with Crippen molar-refractivity contribution >= 4 is 51.7 Å². The Morgan fingerprint density at radius 2 is 1.93 bits per heavy atom. The van der Waals surface area contributed by atoms with Gasteiger partial charge in [-0.2, -0.15) is 4.39 Å². The molecule has 44 heavy (non-hydrogen) atoms. The number of aliphatic carboxylic acids is 1. The van der Waals surface area contributed by atoms with Gasteiger partial charge in [-0.25, -0.2) is 9.97 Å². The predicted molar refractivity (Wildman–Crippen MR) is 166 cm³/mol. The number of thiazole rings is 1. The number of piperidine rings is 1. The van der Waals surface area contributed by atoms with E-state index in [1.807, 2.05) is 6.07 Å².